The van der Waals surface area contributed by atoms with Gasteiger partial charge in [-0.3, -0.25) is 0 Å². The molecule has 1 aromatic heterocycles. The van der Waals surface area contributed by atoms with Gasteiger partial charge in [-0.2, -0.15) is 15.2 Å². The van der Waals surface area contributed by atoms with E-state index in [9.17, 15) is 0 Å². The monoisotopic (exact) mass is 486 g/mol. The van der Waals surface area contributed by atoms with Crippen molar-refractivity contribution in [1.82, 2.24) is 15.3 Å². The van der Waals surface area contributed by atoms with Gasteiger partial charge in [0.15, 0.2) is 5.66 Å². The van der Waals surface area contributed by atoms with Crippen LogP contribution in [0.1, 0.15) is 56.2 Å². The lowest BCUT2D eigenvalue weighted by atomic mass is 10.0. The molecule has 0 radical (unpaired) electrons. The molecule has 5 rings (SSSR count). The van der Waals surface area contributed by atoms with Crippen LogP contribution in [0.4, 0.5) is 17.5 Å². The molecular formula is C28H38N8. The number of nitrogens with zero attached hydrogens (tertiary/aromatic N) is 6. The first-order chi connectivity index (χ1) is 17.6. The Labute approximate surface area is 215 Å². The summed E-state index contributed by atoms with van der Waals surface area (Å²) < 4.78 is 0. The van der Waals surface area contributed by atoms with Crippen LogP contribution in [0.3, 0.4) is 0 Å². The van der Waals surface area contributed by atoms with E-state index >= 15 is 0 Å². The summed E-state index contributed by atoms with van der Waals surface area (Å²) >= 11 is 0. The maximum absolute atomic E-state index is 5.39. The van der Waals surface area contributed by atoms with Crippen molar-refractivity contribution in [2.24, 2.45) is 10.2 Å². The molecule has 4 heterocycles. The number of benzene rings is 1. The third-order valence-electron chi connectivity index (χ3n) is 7.50. The molecule has 2 N–H and O–H groups in total. The first-order valence-electron chi connectivity index (χ1n) is 13.4. The van der Waals surface area contributed by atoms with E-state index in [0.29, 0.717) is 18.4 Å². The number of nitrogens with one attached hydrogen (secondary N) is 2. The van der Waals surface area contributed by atoms with E-state index in [1.165, 1.54) is 37.2 Å². The van der Waals surface area contributed by atoms with Gasteiger partial charge in [0.2, 0.25) is 5.95 Å². The summed E-state index contributed by atoms with van der Waals surface area (Å²) in [6.07, 6.45) is 12.6. The molecule has 0 atom stereocenters. The Hall–Kier alpha value is -3.18. The summed E-state index contributed by atoms with van der Waals surface area (Å²) in [4.78, 5) is 14.3. The Morgan fingerprint density at radius 1 is 1.03 bits per heavy atom. The van der Waals surface area contributed by atoms with Gasteiger partial charge in [0.25, 0.3) is 0 Å². The summed E-state index contributed by atoms with van der Waals surface area (Å²) in [6, 6.07) is 11.6. The van der Waals surface area contributed by atoms with E-state index in [1.807, 2.05) is 6.92 Å². The van der Waals surface area contributed by atoms with Gasteiger partial charge in [-0.25, -0.2) is 4.98 Å². The van der Waals surface area contributed by atoms with Gasteiger partial charge < -0.3 is 20.4 Å². The summed E-state index contributed by atoms with van der Waals surface area (Å²) in [5.74, 6) is 4.36. The van der Waals surface area contributed by atoms with E-state index in [1.54, 1.807) is 0 Å². The minimum Gasteiger partial charge on any atom is -0.372 e. The van der Waals surface area contributed by atoms with Crippen LogP contribution < -0.4 is 20.4 Å². The van der Waals surface area contributed by atoms with Crippen molar-refractivity contribution in [2.75, 3.05) is 47.8 Å². The maximum Gasteiger partial charge on any atom is 0.224 e. The highest BCUT2D eigenvalue weighted by Crippen LogP contribution is 2.36. The molecule has 3 aliphatic rings. The highest BCUT2D eigenvalue weighted by molar-refractivity contribution is 5.49. The number of anilines is 3. The Kier molecular flexibility index (Phi) is 7.66. The van der Waals surface area contributed by atoms with Crippen LogP contribution in [0.5, 0.6) is 0 Å². The lowest BCUT2D eigenvalue weighted by Gasteiger charge is -2.33. The van der Waals surface area contributed by atoms with Gasteiger partial charge >= 0.3 is 0 Å². The van der Waals surface area contributed by atoms with Gasteiger partial charge in [-0.1, -0.05) is 12.1 Å². The number of terminal acetylenes is 1. The molecule has 0 spiro atoms. The van der Waals surface area contributed by atoms with Crippen LogP contribution in [-0.2, 0) is 6.54 Å². The first-order valence-corrected chi connectivity index (χ1v) is 13.4. The molecule has 2 fully saturated rings. The molecule has 36 heavy (non-hydrogen) atoms. The van der Waals surface area contributed by atoms with E-state index in [2.05, 4.69) is 71.9 Å². The molecule has 190 valence electrons. The molecule has 0 saturated carbocycles. The fourth-order valence-electron chi connectivity index (χ4n) is 5.25. The molecule has 0 bridgehead atoms. The average Bonchev–Trinajstić information content (AvgIpc) is 3.44. The van der Waals surface area contributed by atoms with Crippen molar-refractivity contribution in [1.29, 1.82) is 0 Å². The summed E-state index contributed by atoms with van der Waals surface area (Å²) in [5.41, 5.74) is 3.44. The number of piperidine rings is 1. The van der Waals surface area contributed by atoms with Gasteiger partial charge in [0, 0.05) is 82.0 Å². The minimum absolute atomic E-state index is 0.281. The van der Waals surface area contributed by atoms with Crippen LogP contribution in [0, 0.1) is 19.3 Å². The zero-order chi connectivity index (χ0) is 24.8. The quantitative estimate of drug-likeness (QED) is 0.455. The molecular weight excluding hydrogens is 448 g/mol. The molecule has 2 saturated heterocycles. The average molecular weight is 487 g/mol. The molecule has 0 aliphatic carbocycles. The second-order valence-electron chi connectivity index (χ2n) is 10.3. The largest absolute Gasteiger partial charge is 0.372 e. The van der Waals surface area contributed by atoms with Crippen molar-refractivity contribution >= 4 is 17.5 Å². The maximum atomic E-state index is 5.39. The minimum atomic E-state index is -0.281. The summed E-state index contributed by atoms with van der Waals surface area (Å²) in [7, 11) is 0. The second-order valence-corrected chi connectivity index (χ2v) is 10.3. The lowest BCUT2D eigenvalue weighted by Crippen LogP contribution is -2.42. The zero-order valence-electron chi connectivity index (χ0n) is 21.4. The fraction of sp³-hybridized carbons (Fsp3) is 0.571. The number of hydrogen-bond acceptors (Lipinski definition) is 8. The fourth-order valence-corrected chi connectivity index (χ4v) is 5.25. The highest BCUT2D eigenvalue weighted by atomic mass is 15.4. The molecule has 8 nitrogen and oxygen atoms in total. The van der Waals surface area contributed by atoms with Gasteiger partial charge in [0.1, 0.15) is 5.82 Å². The number of aryl methyl sites for hydroxylation is 1. The Bertz CT molecular complexity index is 1090. The van der Waals surface area contributed by atoms with Crippen LogP contribution in [-0.4, -0.2) is 54.4 Å². The predicted molar refractivity (Wildman–Crippen MR) is 145 cm³/mol. The molecule has 2 aromatic rings. The van der Waals surface area contributed by atoms with Crippen molar-refractivity contribution < 1.29 is 0 Å². The van der Waals surface area contributed by atoms with Crippen LogP contribution in [0.25, 0.3) is 0 Å². The summed E-state index contributed by atoms with van der Waals surface area (Å²) in [6.45, 7) is 8.05. The van der Waals surface area contributed by atoms with Gasteiger partial charge in [-0.05, 0) is 50.3 Å². The third-order valence-corrected chi connectivity index (χ3v) is 7.50. The number of rotatable bonds is 11. The normalized spacial score (nSPS) is 18.9. The molecule has 1 aromatic carbocycles. The van der Waals surface area contributed by atoms with Crippen LogP contribution in [0.2, 0.25) is 0 Å². The first kappa shape index (κ1) is 24.5. The van der Waals surface area contributed by atoms with Crippen molar-refractivity contribution in [3.63, 3.8) is 0 Å². The smallest absolute Gasteiger partial charge is 0.224 e. The predicted octanol–water partition coefficient (Wildman–Crippen LogP) is 4.52. The van der Waals surface area contributed by atoms with E-state index in [-0.39, 0.29) is 5.66 Å². The van der Waals surface area contributed by atoms with Gasteiger partial charge in [-0.15, -0.1) is 12.3 Å². The SMILES string of the molecule is C#CCCC1(CCNc2nc(C)cc(N3CCC(NCc4cccc(N5CCCC5)c4)CC3)n2)N=N1. The third kappa shape index (κ3) is 6.33. The molecule has 3 aliphatic heterocycles. The topological polar surface area (TPSA) is 81.0 Å². The second kappa shape index (κ2) is 11.3. The van der Waals surface area contributed by atoms with Crippen LogP contribution >= 0.6 is 0 Å². The van der Waals surface area contributed by atoms with Gasteiger partial charge in [0.05, 0.1) is 0 Å². The van der Waals surface area contributed by atoms with Crippen molar-refractivity contribution in [3.8, 4) is 12.3 Å². The standard InChI is InChI=1S/C28H38N8/c1-3-4-12-28(33-34-28)13-14-29-27-31-22(2)19-26(32-27)36-17-10-24(11-18-36)30-21-23-8-7-9-25(20-23)35-15-5-6-16-35/h1,7-9,19-20,24,30H,4-6,10-18,21H2,2H3,(H,29,31,32). The number of aromatic nitrogens is 2. The molecule has 8 heteroatoms. The van der Waals surface area contributed by atoms with E-state index in [0.717, 1.165) is 63.4 Å². The molecule has 0 amide bonds. The highest BCUT2D eigenvalue weighted by Gasteiger charge is 2.38. The van der Waals surface area contributed by atoms with Crippen LogP contribution in [0.15, 0.2) is 40.6 Å². The van der Waals surface area contributed by atoms with E-state index in [4.69, 9.17) is 11.4 Å². The molecule has 0 unspecified atom stereocenters. The Morgan fingerprint density at radius 3 is 2.58 bits per heavy atom. The van der Waals surface area contributed by atoms with Crippen molar-refractivity contribution in [2.45, 2.75) is 70.1 Å². The summed E-state index contributed by atoms with van der Waals surface area (Å²) in [5, 5.41) is 15.6. The zero-order valence-corrected chi connectivity index (χ0v) is 21.4. The van der Waals surface area contributed by atoms with Crippen molar-refractivity contribution in [3.05, 3.63) is 41.6 Å². The lowest BCUT2D eigenvalue weighted by molar-refractivity contribution is 0.412. The van der Waals surface area contributed by atoms with E-state index < -0.39 is 0 Å². The Balaban J connectivity index is 1.08. The number of hydrogen-bond donors (Lipinski definition) is 2. The Morgan fingerprint density at radius 2 is 1.83 bits per heavy atom.